The van der Waals surface area contributed by atoms with Crippen molar-refractivity contribution in [1.29, 1.82) is 5.26 Å². The summed E-state index contributed by atoms with van der Waals surface area (Å²) in [6.07, 6.45) is 1.86. The third kappa shape index (κ3) is 6.00. The minimum Gasteiger partial charge on any atom is -0.490 e. The van der Waals surface area contributed by atoms with E-state index >= 15 is 0 Å². The van der Waals surface area contributed by atoms with E-state index in [1.165, 1.54) is 0 Å². The molecule has 1 atom stereocenters. The quantitative estimate of drug-likeness (QED) is 0.705. The van der Waals surface area contributed by atoms with Gasteiger partial charge in [0.15, 0.2) is 11.5 Å². The molecule has 0 bridgehead atoms. The fourth-order valence-electron chi connectivity index (χ4n) is 4.56. The number of carbonyl (C=O) groups excluding carboxylic acids is 1. The SMILES string of the molecule is CC(C)C(NC(=O)CN1CCCN(c2ccc(C#N)cc2)CC1)c1ccc2c(c1)OCCCO2. The summed E-state index contributed by atoms with van der Waals surface area (Å²) in [7, 11) is 0. The van der Waals surface area contributed by atoms with Gasteiger partial charge in [-0.05, 0) is 54.3 Å². The third-order valence-electron chi connectivity index (χ3n) is 6.43. The molecule has 1 N–H and O–H groups in total. The summed E-state index contributed by atoms with van der Waals surface area (Å²) in [6.45, 7) is 9.43. The number of benzene rings is 2. The van der Waals surface area contributed by atoms with Crippen molar-refractivity contribution in [2.45, 2.75) is 32.7 Å². The van der Waals surface area contributed by atoms with E-state index in [1.807, 2.05) is 42.5 Å². The second-order valence-electron chi connectivity index (χ2n) is 9.32. The van der Waals surface area contributed by atoms with Gasteiger partial charge in [0.1, 0.15) is 0 Å². The molecule has 1 saturated heterocycles. The smallest absolute Gasteiger partial charge is 0.234 e. The van der Waals surface area contributed by atoms with Crippen LogP contribution in [0.5, 0.6) is 11.5 Å². The Labute approximate surface area is 202 Å². The van der Waals surface area contributed by atoms with Crippen LogP contribution >= 0.6 is 0 Å². The van der Waals surface area contributed by atoms with E-state index in [4.69, 9.17) is 14.7 Å². The lowest BCUT2D eigenvalue weighted by Gasteiger charge is -2.26. The lowest BCUT2D eigenvalue weighted by atomic mass is 9.95. The second kappa shape index (κ2) is 11.3. The van der Waals surface area contributed by atoms with Crippen molar-refractivity contribution in [2.75, 3.05) is 50.8 Å². The van der Waals surface area contributed by atoms with Crippen molar-refractivity contribution in [3.63, 3.8) is 0 Å². The van der Waals surface area contributed by atoms with Crippen LogP contribution in [0.3, 0.4) is 0 Å². The van der Waals surface area contributed by atoms with Crippen molar-refractivity contribution < 1.29 is 14.3 Å². The maximum Gasteiger partial charge on any atom is 0.234 e. The number of anilines is 1. The van der Waals surface area contributed by atoms with E-state index in [1.54, 1.807) is 0 Å². The highest BCUT2D eigenvalue weighted by molar-refractivity contribution is 5.78. The van der Waals surface area contributed by atoms with Crippen LogP contribution in [-0.2, 0) is 4.79 Å². The van der Waals surface area contributed by atoms with Crippen molar-refractivity contribution >= 4 is 11.6 Å². The van der Waals surface area contributed by atoms with E-state index in [2.05, 4.69) is 35.0 Å². The minimum absolute atomic E-state index is 0.0395. The van der Waals surface area contributed by atoms with Gasteiger partial charge in [0.05, 0.1) is 37.4 Å². The summed E-state index contributed by atoms with van der Waals surface area (Å²) in [4.78, 5) is 17.6. The summed E-state index contributed by atoms with van der Waals surface area (Å²) in [5, 5.41) is 12.3. The van der Waals surface area contributed by atoms with Gasteiger partial charge in [0.25, 0.3) is 0 Å². The molecule has 2 aromatic rings. The molecule has 7 heteroatoms. The van der Waals surface area contributed by atoms with Crippen LogP contribution in [0.25, 0.3) is 0 Å². The molecule has 34 heavy (non-hydrogen) atoms. The fraction of sp³-hybridized carbons (Fsp3) is 0.481. The van der Waals surface area contributed by atoms with Gasteiger partial charge in [-0.2, -0.15) is 5.26 Å². The molecule has 4 rings (SSSR count). The molecule has 1 amide bonds. The summed E-state index contributed by atoms with van der Waals surface area (Å²) in [5.41, 5.74) is 2.83. The normalized spacial score (nSPS) is 17.4. The van der Waals surface area contributed by atoms with Crippen molar-refractivity contribution in [3.05, 3.63) is 53.6 Å². The van der Waals surface area contributed by atoms with Crippen LogP contribution < -0.4 is 19.7 Å². The molecule has 0 aliphatic carbocycles. The van der Waals surface area contributed by atoms with Gasteiger partial charge in [-0.3, -0.25) is 9.69 Å². The molecule has 0 spiro atoms. The zero-order valence-electron chi connectivity index (χ0n) is 20.1. The predicted octanol–water partition coefficient (Wildman–Crippen LogP) is 3.75. The molecule has 0 radical (unpaired) electrons. The Bertz CT molecular complexity index is 1020. The average molecular weight is 463 g/mol. The highest BCUT2D eigenvalue weighted by Crippen LogP contribution is 2.34. The molecule has 1 unspecified atom stereocenters. The number of carbonyl (C=O) groups is 1. The highest BCUT2D eigenvalue weighted by atomic mass is 16.5. The largest absolute Gasteiger partial charge is 0.490 e. The minimum atomic E-state index is -0.0909. The molecule has 7 nitrogen and oxygen atoms in total. The van der Waals surface area contributed by atoms with Crippen LogP contribution in [0.15, 0.2) is 42.5 Å². The second-order valence-corrected chi connectivity index (χ2v) is 9.32. The summed E-state index contributed by atoms with van der Waals surface area (Å²) in [5.74, 6) is 1.80. The first-order valence-electron chi connectivity index (χ1n) is 12.2. The summed E-state index contributed by atoms with van der Waals surface area (Å²) in [6, 6.07) is 15.8. The Morgan fingerprint density at radius 2 is 1.76 bits per heavy atom. The average Bonchev–Trinajstić information content (AvgIpc) is 3.22. The Balaban J connectivity index is 1.35. The Kier molecular flexibility index (Phi) is 7.91. The van der Waals surface area contributed by atoms with Crippen LogP contribution in [0.1, 0.15) is 43.9 Å². The molecule has 2 aliphatic heterocycles. The van der Waals surface area contributed by atoms with E-state index < -0.39 is 0 Å². The first-order valence-corrected chi connectivity index (χ1v) is 12.2. The first-order chi connectivity index (χ1) is 16.5. The van der Waals surface area contributed by atoms with E-state index in [9.17, 15) is 4.79 Å². The molecule has 2 heterocycles. The molecule has 2 aromatic carbocycles. The number of hydrogen-bond acceptors (Lipinski definition) is 6. The van der Waals surface area contributed by atoms with Gasteiger partial charge in [0, 0.05) is 38.3 Å². The van der Waals surface area contributed by atoms with E-state index in [-0.39, 0.29) is 17.9 Å². The Morgan fingerprint density at radius 3 is 2.50 bits per heavy atom. The molecule has 2 aliphatic rings. The number of amides is 1. The molecular weight excluding hydrogens is 428 g/mol. The Morgan fingerprint density at radius 1 is 1.00 bits per heavy atom. The highest BCUT2D eigenvalue weighted by Gasteiger charge is 2.23. The number of rotatable bonds is 6. The van der Waals surface area contributed by atoms with Gasteiger partial charge in [-0.15, -0.1) is 0 Å². The monoisotopic (exact) mass is 462 g/mol. The van der Waals surface area contributed by atoms with Crippen molar-refractivity contribution in [2.24, 2.45) is 5.92 Å². The summed E-state index contributed by atoms with van der Waals surface area (Å²) >= 11 is 0. The summed E-state index contributed by atoms with van der Waals surface area (Å²) < 4.78 is 11.6. The number of ether oxygens (including phenoxy) is 2. The number of nitrogens with zero attached hydrogens (tertiary/aromatic N) is 3. The van der Waals surface area contributed by atoms with Crippen LogP contribution in [0.2, 0.25) is 0 Å². The maximum atomic E-state index is 13.0. The van der Waals surface area contributed by atoms with Gasteiger partial charge in [0.2, 0.25) is 5.91 Å². The molecular formula is C27H34N4O3. The van der Waals surface area contributed by atoms with Gasteiger partial charge < -0.3 is 19.7 Å². The number of hydrogen-bond donors (Lipinski definition) is 1. The van der Waals surface area contributed by atoms with E-state index in [0.717, 1.165) is 61.8 Å². The Hall–Kier alpha value is -3.24. The first kappa shape index (κ1) is 23.9. The van der Waals surface area contributed by atoms with Crippen molar-refractivity contribution in [1.82, 2.24) is 10.2 Å². The standard InChI is InChI=1S/C27H34N4O3/c1-20(2)27(22-7-10-24-25(17-22)34-16-4-15-33-24)29-26(32)19-30-11-3-12-31(14-13-30)23-8-5-21(18-28)6-9-23/h5-10,17,20,27H,3-4,11-16,19H2,1-2H3,(H,29,32). The number of fused-ring (bicyclic) bond motifs is 1. The molecule has 180 valence electrons. The van der Waals surface area contributed by atoms with Crippen molar-refractivity contribution in [3.8, 4) is 17.6 Å². The lowest BCUT2D eigenvalue weighted by molar-refractivity contribution is -0.123. The van der Waals surface area contributed by atoms with Gasteiger partial charge >= 0.3 is 0 Å². The molecule has 1 fully saturated rings. The molecule has 0 aromatic heterocycles. The van der Waals surface area contributed by atoms with Crippen LogP contribution in [-0.4, -0.2) is 56.7 Å². The van der Waals surface area contributed by atoms with Crippen LogP contribution in [0, 0.1) is 17.2 Å². The van der Waals surface area contributed by atoms with Gasteiger partial charge in [-0.25, -0.2) is 0 Å². The predicted molar refractivity (Wildman–Crippen MR) is 132 cm³/mol. The number of nitriles is 1. The topological polar surface area (TPSA) is 77.8 Å². The lowest BCUT2D eigenvalue weighted by Crippen LogP contribution is -2.41. The van der Waals surface area contributed by atoms with E-state index in [0.29, 0.717) is 25.3 Å². The maximum absolute atomic E-state index is 13.0. The zero-order chi connectivity index (χ0) is 23.9. The number of nitrogens with one attached hydrogen (secondary N) is 1. The third-order valence-corrected chi connectivity index (χ3v) is 6.43. The zero-order valence-corrected chi connectivity index (χ0v) is 20.1. The fourth-order valence-corrected chi connectivity index (χ4v) is 4.56. The molecule has 0 saturated carbocycles. The van der Waals surface area contributed by atoms with Crippen LogP contribution in [0.4, 0.5) is 5.69 Å². The van der Waals surface area contributed by atoms with Gasteiger partial charge in [-0.1, -0.05) is 19.9 Å².